The molecule has 3 heterocycles. The predicted molar refractivity (Wildman–Crippen MR) is 72.5 cm³/mol. The number of rotatable bonds is 2. The van der Waals surface area contributed by atoms with Crippen molar-refractivity contribution in [3.8, 4) is 0 Å². The summed E-state index contributed by atoms with van der Waals surface area (Å²) in [4.78, 5) is 45.6. The van der Waals surface area contributed by atoms with E-state index in [0.29, 0.717) is 11.0 Å². The van der Waals surface area contributed by atoms with Gasteiger partial charge in [0.1, 0.15) is 23.2 Å². The Labute approximate surface area is 123 Å². The Bertz CT molecular complexity index is 756. The molecule has 0 aromatic carbocycles. The molecule has 21 heavy (non-hydrogen) atoms. The van der Waals surface area contributed by atoms with Crippen molar-refractivity contribution in [1.82, 2.24) is 25.6 Å². The molecule has 3 amide bonds. The molecule has 1 aliphatic heterocycles. The third-order valence-corrected chi connectivity index (χ3v) is 3.50. The molecule has 3 rings (SSSR count). The second-order valence-electron chi connectivity index (χ2n) is 4.57. The zero-order chi connectivity index (χ0) is 15.0. The Hall–Kier alpha value is -2.48. The normalized spacial score (nSPS) is 18.6. The molecule has 0 bridgehead atoms. The van der Waals surface area contributed by atoms with Crippen LogP contribution in [0.25, 0.3) is 11.0 Å². The van der Waals surface area contributed by atoms with E-state index in [1.54, 1.807) is 0 Å². The van der Waals surface area contributed by atoms with Crippen LogP contribution in [0.4, 0.5) is 0 Å². The van der Waals surface area contributed by atoms with E-state index in [4.69, 9.17) is 11.6 Å². The zero-order valence-electron chi connectivity index (χ0n) is 10.6. The number of hydrogen-bond donors (Lipinski definition) is 3. The van der Waals surface area contributed by atoms with Crippen LogP contribution in [0.15, 0.2) is 12.5 Å². The number of fused-ring (bicyclic) bond motifs is 1. The van der Waals surface area contributed by atoms with Gasteiger partial charge in [-0.05, 0) is 6.42 Å². The minimum Gasteiger partial charge on any atom is -0.345 e. The summed E-state index contributed by atoms with van der Waals surface area (Å²) in [6.45, 7) is 0. The van der Waals surface area contributed by atoms with Crippen molar-refractivity contribution < 1.29 is 14.4 Å². The number of nitrogens with one attached hydrogen (secondary N) is 3. The molecular weight excluding hydrogens is 298 g/mol. The first kappa shape index (κ1) is 13.5. The summed E-state index contributed by atoms with van der Waals surface area (Å²) >= 11 is 5.96. The second-order valence-corrected chi connectivity index (χ2v) is 4.93. The van der Waals surface area contributed by atoms with Gasteiger partial charge in [0, 0.05) is 12.6 Å². The van der Waals surface area contributed by atoms with E-state index in [0.717, 1.165) is 0 Å². The Morgan fingerprint density at radius 2 is 2.19 bits per heavy atom. The van der Waals surface area contributed by atoms with Crippen molar-refractivity contribution in [3.63, 3.8) is 0 Å². The molecule has 108 valence electrons. The highest BCUT2D eigenvalue weighted by Gasteiger charge is 2.29. The highest BCUT2D eigenvalue weighted by molar-refractivity contribution is 6.35. The van der Waals surface area contributed by atoms with Gasteiger partial charge in [-0.3, -0.25) is 19.7 Å². The average molecular weight is 308 g/mol. The number of piperidine rings is 1. The van der Waals surface area contributed by atoms with Crippen molar-refractivity contribution in [2.45, 2.75) is 18.9 Å². The molecule has 2 aromatic rings. The Kier molecular flexibility index (Phi) is 3.30. The van der Waals surface area contributed by atoms with Crippen LogP contribution in [-0.4, -0.2) is 38.7 Å². The molecule has 1 fully saturated rings. The maximum Gasteiger partial charge on any atom is 0.254 e. The van der Waals surface area contributed by atoms with Gasteiger partial charge < -0.3 is 10.3 Å². The number of halogens is 1. The van der Waals surface area contributed by atoms with Crippen LogP contribution < -0.4 is 10.6 Å². The molecule has 0 spiro atoms. The number of H-pyrrole nitrogens is 1. The van der Waals surface area contributed by atoms with E-state index >= 15 is 0 Å². The molecule has 2 aromatic heterocycles. The fourth-order valence-corrected chi connectivity index (χ4v) is 2.41. The number of carbonyl (C=O) groups excluding carboxylic acids is 3. The summed E-state index contributed by atoms with van der Waals surface area (Å²) in [6, 6.07) is -0.747. The van der Waals surface area contributed by atoms with Crippen LogP contribution in [0.5, 0.6) is 0 Å². The number of aromatic amines is 1. The summed E-state index contributed by atoms with van der Waals surface area (Å²) in [7, 11) is 0. The van der Waals surface area contributed by atoms with Gasteiger partial charge in [-0.2, -0.15) is 0 Å². The number of imide groups is 1. The zero-order valence-corrected chi connectivity index (χ0v) is 11.4. The first-order chi connectivity index (χ1) is 10.1. The van der Waals surface area contributed by atoms with E-state index < -0.39 is 17.9 Å². The highest BCUT2D eigenvalue weighted by Crippen LogP contribution is 2.23. The van der Waals surface area contributed by atoms with Gasteiger partial charge in [0.25, 0.3) is 5.91 Å². The summed E-state index contributed by atoms with van der Waals surface area (Å²) in [5.74, 6) is -1.33. The monoisotopic (exact) mass is 307 g/mol. The van der Waals surface area contributed by atoms with E-state index in [1.165, 1.54) is 12.5 Å². The SMILES string of the molecule is O=C1CCC(NC(=O)c2c[nH]c3ncnc(Cl)c23)C(=O)N1. The largest absolute Gasteiger partial charge is 0.345 e. The standard InChI is InChI=1S/C12H10ClN5O3/c13-9-8-5(3-14-10(8)16-4-15-9)11(20)17-6-1-2-7(19)18-12(6)21/h3-4,6H,1-2H2,(H,17,20)(H,14,15,16)(H,18,19,21). The van der Waals surface area contributed by atoms with Gasteiger partial charge in [-0.1, -0.05) is 11.6 Å². The quantitative estimate of drug-likeness (QED) is 0.539. The number of hydrogen-bond acceptors (Lipinski definition) is 5. The molecule has 8 nitrogen and oxygen atoms in total. The van der Waals surface area contributed by atoms with E-state index in [-0.39, 0.29) is 29.5 Å². The lowest BCUT2D eigenvalue weighted by molar-refractivity contribution is -0.134. The van der Waals surface area contributed by atoms with Gasteiger partial charge in [0.05, 0.1) is 10.9 Å². The Morgan fingerprint density at radius 1 is 1.38 bits per heavy atom. The van der Waals surface area contributed by atoms with Crippen molar-refractivity contribution in [3.05, 3.63) is 23.2 Å². The van der Waals surface area contributed by atoms with Crippen molar-refractivity contribution in [2.75, 3.05) is 0 Å². The fourth-order valence-electron chi connectivity index (χ4n) is 2.17. The number of carbonyl (C=O) groups is 3. The number of nitrogens with zero attached hydrogens (tertiary/aromatic N) is 2. The minimum absolute atomic E-state index is 0.148. The first-order valence-corrected chi connectivity index (χ1v) is 6.56. The lowest BCUT2D eigenvalue weighted by Crippen LogP contribution is -2.52. The third kappa shape index (κ3) is 2.45. The first-order valence-electron chi connectivity index (χ1n) is 6.18. The predicted octanol–water partition coefficient (Wildman–Crippen LogP) is 0.146. The Morgan fingerprint density at radius 3 is 2.95 bits per heavy atom. The fraction of sp³-hybridized carbons (Fsp3) is 0.250. The lowest BCUT2D eigenvalue weighted by atomic mass is 10.1. The molecule has 1 saturated heterocycles. The van der Waals surface area contributed by atoms with E-state index in [9.17, 15) is 14.4 Å². The second kappa shape index (κ2) is 5.13. The average Bonchev–Trinajstić information content (AvgIpc) is 2.87. The van der Waals surface area contributed by atoms with Crippen LogP contribution in [0.2, 0.25) is 5.15 Å². The maximum absolute atomic E-state index is 12.3. The number of aromatic nitrogens is 3. The maximum atomic E-state index is 12.3. The molecule has 0 radical (unpaired) electrons. The number of amides is 3. The van der Waals surface area contributed by atoms with Crippen molar-refractivity contribution in [2.24, 2.45) is 0 Å². The summed E-state index contributed by atoms with van der Waals surface area (Å²) in [6.07, 6.45) is 3.19. The van der Waals surface area contributed by atoms with E-state index in [1.807, 2.05) is 0 Å². The molecule has 1 atom stereocenters. The third-order valence-electron chi connectivity index (χ3n) is 3.21. The molecule has 1 aliphatic rings. The van der Waals surface area contributed by atoms with Gasteiger partial charge in [0.15, 0.2) is 0 Å². The minimum atomic E-state index is -0.747. The van der Waals surface area contributed by atoms with Crippen LogP contribution >= 0.6 is 11.6 Å². The van der Waals surface area contributed by atoms with Crippen molar-refractivity contribution in [1.29, 1.82) is 0 Å². The smallest absolute Gasteiger partial charge is 0.254 e. The molecule has 9 heteroatoms. The van der Waals surface area contributed by atoms with Gasteiger partial charge in [-0.15, -0.1) is 0 Å². The molecule has 3 N–H and O–H groups in total. The van der Waals surface area contributed by atoms with Crippen LogP contribution in [0.3, 0.4) is 0 Å². The topological polar surface area (TPSA) is 117 Å². The van der Waals surface area contributed by atoms with Crippen molar-refractivity contribution >= 4 is 40.4 Å². The summed E-state index contributed by atoms with van der Waals surface area (Å²) in [5, 5.41) is 5.29. The van der Waals surface area contributed by atoms with Crippen LogP contribution in [0, 0.1) is 0 Å². The molecular formula is C12H10ClN5O3. The van der Waals surface area contributed by atoms with Crippen LogP contribution in [0.1, 0.15) is 23.2 Å². The lowest BCUT2D eigenvalue weighted by Gasteiger charge is -2.21. The summed E-state index contributed by atoms with van der Waals surface area (Å²) < 4.78 is 0. The summed E-state index contributed by atoms with van der Waals surface area (Å²) in [5.41, 5.74) is 0.684. The van der Waals surface area contributed by atoms with E-state index in [2.05, 4.69) is 25.6 Å². The van der Waals surface area contributed by atoms with Gasteiger partial charge >= 0.3 is 0 Å². The molecule has 0 saturated carbocycles. The molecule has 1 unspecified atom stereocenters. The Balaban J connectivity index is 1.85. The van der Waals surface area contributed by atoms with Crippen LogP contribution in [-0.2, 0) is 9.59 Å². The van der Waals surface area contributed by atoms with Gasteiger partial charge in [0.2, 0.25) is 11.8 Å². The molecule has 0 aliphatic carbocycles. The highest BCUT2D eigenvalue weighted by atomic mass is 35.5. The van der Waals surface area contributed by atoms with Gasteiger partial charge in [-0.25, -0.2) is 9.97 Å².